The molecule has 2 atom stereocenters. The fourth-order valence-corrected chi connectivity index (χ4v) is 3.73. The third-order valence-corrected chi connectivity index (χ3v) is 5.53. The number of halogens is 2. The summed E-state index contributed by atoms with van der Waals surface area (Å²) in [5.41, 5.74) is 2.78. The van der Waals surface area contributed by atoms with E-state index in [1.807, 2.05) is 37.3 Å². The highest BCUT2D eigenvalue weighted by Crippen LogP contribution is 2.24. The van der Waals surface area contributed by atoms with Gasteiger partial charge in [-0.1, -0.05) is 19.1 Å². The summed E-state index contributed by atoms with van der Waals surface area (Å²) < 4.78 is 28.8. The Hall–Kier alpha value is -3.24. The van der Waals surface area contributed by atoms with E-state index in [0.29, 0.717) is 16.4 Å². The van der Waals surface area contributed by atoms with Crippen molar-refractivity contribution in [2.45, 2.75) is 12.8 Å². The standard InChI is InChI=1S/C23H19F2N4P/c1-13(14-4-5-20-15(7-14)3-2-6-28-20)22(26)29-12-17(10-21(30)23(29)27)16-8-18(24)11-19(25)9-16/h2-13,26-27H,30H2,1H3. The second-order valence-electron chi connectivity index (χ2n) is 7.12. The van der Waals surface area contributed by atoms with Crippen molar-refractivity contribution in [1.82, 2.24) is 9.55 Å². The van der Waals surface area contributed by atoms with E-state index in [4.69, 9.17) is 10.8 Å². The summed E-state index contributed by atoms with van der Waals surface area (Å²) in [5.74, 6) is -1.48. The molecule has 0 fully saturated rings. The minimum Gasteiger partial charge on any atom is -0.289 e. The Kier molecular flexibility index (Phi) is 5.27. The average Bonchev–Trinajstić information content (AvgIpc) is 2.73. The minimum atomic E-state index is -0.676. The third kappa shape index (κ3) is 3.79. The van der Waals surface area contributed by atoms with Gasteiger partial charge in [0.25, 0.3) is 0 Å². The Morgan fingerprint density at radius 2 is 1.77 bits per heavy atom. The predicted octanol–water partition coefficient (Wildman–Crippen LogP) is 4.59. The lowest BCUT2D eigenvalue weighted by molar-refractivity contribution is 0.584. The summed E-state index contributed by atoms with van der Waals surface area (Å²) in [5, 5.41) is 18.6. The van der Waals surface area contributed by atoms with Crippen LogP contribution in [0, 0.1) is 22.5 Å². The zero-order valence-corrected chi connectivity index (χ0v) is 17.3. The molecular formula is C23H19F2N4P. The lowest BCUT2D eigenvalue weighted by Gasteiger charge is -2.19. The van der Waals surface area contributed by atoms with E-state index in [-0.39, 0.29) is 17.2 Å². The summed E-state index contributed by atoms with van der Waals surface area (Å²) >= 11 is 0. The Morgan fingerprint density at radius 3 is 2.50 bits per heavy atom. The Bertz CT molecular complexity index is 1330. The van der Waals surface area contributed by atoms with E-state index in [9.17, 15) is 8.78 Å². The van der Waals surface area contributed by atoms with Gasteiger partial charge in [-0.15, -0.1) is 9.24 Å². The van der Waals surface area contributed by atoms with Crippen molar-refractivity contribution < 1.29 is 8.78 Å². The van der Waals surface area contributed by atoms with Crippen LogP contribution in [0.1, 0.15) is 18.4 Å². The molecule has 0 amide bonds. The van der Waals surface area contributed by atoms with Crippen molar-refractivity contribution in [3.63, 3.8) is 0 Å². The molecule has 2 aromatic heterocycles. The summed E-state index contributed by atoms with van der Waals surface area (Å²) in [6.45, 7) is 1.89. The number of nitrogens with one attached hydrogen (secondary N) is 2. The highest BCUT2D eigenvalue weighted by molar-refractivity contribution is 7.27. The topological polar surface area (TPSA) is 65.5 Å². The van der Waals surface area contributed by atoms with Gasteiger partial charge in [-0.05, 0) is 53.1 Å². The van der Waals surface area contributed by atoms with Crippen LogP contribution in [0.2, 0.25) is 0 Å². The molecule has 150 valence electrons. The first-order chi connectivity index (χ1) is 14.3. The Balaban J connectivity index is 1.77. The van der Waals surface area contributed by atoms with E-state index in [1.54, 1.807) is 18.5 Å². The van der Waals surface area contributed by atoms with Crippen molar-refractivity contribution in [3.8, 4) is 11.1 Å². The van der Waals surface area contributed by atoms with Gasteiger partial charge < -0.3 is 0 Å². The number of nitrogens with zero attached hydrogens (tertiary/aromatic N) is 2. The molecule has 0 saturated carbocycles. The number of rotatable bonds is 3. The van der Waals surface area contributed by atoms with Gasteiger partial charge in [0.2, 0.25) is 0 Å². The van der Waals surface area contributed by atoms with Crippen molar-refractivity contribution in [1.29, 1.82) is 10.8 Å². The van der Waals surface area contributed by atoms with Crippen LogP contribution in [0.3, 0.4) is 0 Å². The zero-order valence-electron chi connectivity index (χ0n) is 16.2. The molecule has 0 bridgehead atoms. The van der Waals surface area contributed by atoms with E-state index >= 15 is 0 Å². The maximum Gasteiger partial charge on any atom is 0.137 e. The van der Waals surface area contributed by atoms with Crippen molar-refractivity contribution in [2.24, 2.45) is 0 Å². The van der Waals surface area contributed by atoms with Crippen LogP contribution in [-0.4, -0.2) is 15.4 Å². The molecule has 7 heteroatoms. The molecule has 4 aromatic rings. The number of hydrogen-bond donors (Lipinski definition) is 2. The summed E-state index contributed by atoms with van der Waals surface area (Å²) in [6.07, 6.45) is 3.31. The minimum absolute atomic E-state index is 0.125. The normalized spacial score (nSPS) is 12.1. The fourth-order valence-electron chi connectivity index (χ4n) is 3.41. The second-order valence-corrected chi connectivity index (χ2v) is 7.75. The van der Waals surface area contributed by atoms with Crippen LogP contribution in [0.15, 0.2) is 67.0 Å². The van der Waals surface area contributed by atoms with Gasteiger partial charge >= 0.3 is 0 Å². The summed E-state index contributed by atoms with van der Waals surface area (Å²) in [6, 6.07) is 14.6. The molecule has 0 spiro atoms. The molecule has 2 heterocycles. The smallest absolute Gasteiger partial charge is 0.137 e. The monoisotopic (exact) mass is 420 g/mol. The number of benzene rings is 2. The average molecular weight is 420 g/mol. The van der Waals surface area contributed by atoms with Crippen LogP contribution >= 0.6 is 9.24 Å². The molecule has 2 N–H and O–H groups in total. The summed E-state index contributed by atoms with van der Waals surface area (Å²) in [7, 11) is 2.45. The van der Waals surface area contributed by atoms with Gasteiger partial charge in [-0.25, -0.2) is 8.78 Å². The lowest BCUT2D eigenvalue weighted by atomic mass is 9.97. The number of pyridine rings is 2. The van der Waals surface area contributed by atoms with Crippen LogP contribution in [-0.2, 0) is 0 Å². The van der Waals surface area contributed by atoms with Gasteiger partial charge in [-0.2, -0.15) is 0 Å². The molecule has 2 aromatic carbocycles. The number of hydrogen-bond acceptors (Lipinski definition) is 3. The first kappa shape index (κ1) is 20.0. The highest BCUT2D eigenvalue weighted by Gasteiger charge is 2.16. The Morgan fingerprint density at radius 1 is 1.03 bits per heavy atom. The second kappa shape index (κ2) is 7.88. The fraction of sp³-hybridized carbons (Fsp3) is 0.0870. The molecular weight excluding hydrogens is 401 g/mol. The quantitative estimate of drug-likeness (QED) is 0.284. The van der Waals surface area contributed by atoms with E-state index < -0.39 is 11.6 Å². The molecule has 0 aliphatic rings. The van der Waals surface area contributed by atoms with Crippen LogP contribution in [0.25, 0.3) is 22.0 Å². The predicted molar refractivity (Wildman–Crippen MR) is 118 cm³/mol. The molecule has 0 aliphatic heterocycles. The van der Waals surface area contributed by atoms with Gasteiger partial charge in [0.1, 0.15) is 23.0 Å². The van der Waals surface area contributed by atoms with Crippen molar-refractivity contribution >= 4 is 31.3 Å². The van der Waals surface area contributed by atoms with Gasteiger partial charge in [0, 0.05) is 35.1 Å². The molecule has 2 unspecified atom stereocenters. The van der Waals surface area contributed by atoms with E-state index in [1.165, 1.54) is 16.7 Å². The summed E-state index contributed by atoms with van der Waals surface area (Å²) in [4.78, 5) is 4.32. The molecule has 0 saturated heterocycles. The van der Waals surface area contributed by atoms with Gasteiger partial charge in [0.15, 0.2) is 0 Å². The van der Waals surface area contributed by atoms with E-state index in [2.05, 4.69) is 14.2 Å². The number of aromatic nitrogens is 2. The first-order valence-corrected chi connectivity index (χ1v) is 9.88. The largest absolute Gasteiger partial charge is 0.289 e. The van der Waals surface area contributed by atoms with Crippen molar-refractivity contribution in [3.05, 3.63) is 89.7 Å². The molecule has 4 nitrogen and oxygen atoms in total. The molecule has 30 heavy (non-hydrogen) atoms. The van der Waals surface area contributed by atoms with Gasteiger partial charge in [0.05, 0.1) is 5.52 Å². The van der Waals surface area contributed by atoms with Crippen LogP contribution in [0.4, 0.5) is 8.78 Å². The Labute approximate surface area is 174 Å². The number of fused-ring (bicyclic) bond motifs is 1. The SMILES string of the molecule is CC(C(=N)n1cc(-c2cc(F)cc(F)c2)cc(P)c1=N)c1ccc2ncccc2c1. The molecule has 0 aliphatic carbocycles. The van der Waals surface area contributed by atoms with Crippen molar-refractivity contribution in [2.75, 3.05) is 0 Å². The first-order valence-electron chi connectivity index (χ1n) is 9.30. The third-order valence-electron chi connectivity index (χ3n) is 5.09. The van der Waals surface area contributed by atoms with Crippen LogP contribution < -0.4 is 10.8 Å². The lowest BCUT2D eigenvalue weighted by Crippen LogP contribution is -2.36. The zero-order chi connectivity index (χ0) is 21.4. The highest BCUT2D eigenvalue weighted by atomic mass is 31.0. The molecule has 0 radical (unpaired) electrons. The van der Waals surface area contributed by atoms with E-state index in [0.717, 1.165) is 22.5 Å². The van der Waals surface area contributed by atoms with Gasteiger partial charge in [-0.3, -0.25) is 20.4 Å². The molecule has 4 rings (SSSR count). The maximum atomic E-state index is 13.7. The maximum absolute atomic E-state index is 13.7. The van der Waals surface area contributed by atoms with Crippen LogP contribution in [0.5, 0.6) is 0 Å².